The Morgan fingerprint density at radius 3 is 1.80 bits per heavy atom. The zero-order valence-corrected chi connectivity index (χ0v) is 25.1. The quantitative estimate of drug-likeness (QED) is 0.187. The van der Waals surface area contributed by atoms with Gasteiger partial charge in [0.2, 0.25) is 0 Å². The summed E-state index contributed by atoms with van der Waals surface area (Å²) >= 11 is 3.50. The van der Waals surface area contributed by atoms with Crippen LogP contribution in [0.2, 0.25) is 0 Å². The van der Waals surface area contributed by atoms with E-state index in [0.717, 1.165) is 52.3 Å². The number of hydrogen-bond donors (Lipinski definition) is 4. The van der Waals surface area contributed by atoms with Gasteiger partial charge < -0.3 is 30.1 Å². The Morgan fingerprint density at radius 2 is 1.32 bits per heavy atom. The topological polar surface area (TPSA) is 113 Å². The van der Waals surface area contributed by atoms with E-state index in [9.17, 15) is 9.59 Å². The molecule has 10 heteroatoms. The summed E-state index contributed by atoms with van der Waals surface area (Å²) in [5.74, 6) is 0. The molecule has 0 aliphatic heterocycles. The molecule has 0 fully saturated rings. The van der Waals surface area contributed by atoms with Crippen LogP contribution in [0.3, 0.4) is 0 Å². The van der Waals surface area contributed by atoms with E-state index in [-0.39, 0.29) is 36.5 Å². The van der Waals surface area contributed by atoms with Crippen LogP contribution in [0.1, 0.15) is 50.2 Å². The van der Waals surface area contributed by atoms with Crippen LogP contribution in [0.5, 0.6) is 0 Å². The first kappa shape index (κ1) is 28.6. The molecule has 2 amide bonds. The normalized spacial score (nSPS) is 17.1. The number of ether oxygens (including phenoxy) is 2. The van der Waals surface area contributed by atoms with Gasteiger partial charge in [0.25, 0.3) is 0 Å². The minimum atomic E-state index is -0.369. The largest absolute Gasteiger partial charge is 0.447 e. The summed E-state index contributed by atoms with van der Waals surface area (Å²) in [6, 6.07) is 12.1. The van der Waals surface area contributed by atoms with Crippen molar-refractivity contribution in [3.05, 3.63) is 74.8 Å². The number of nitrogens with one attached hydrogen (secondary N) is 4. The number of halogens is 1. The van der Waals surface area contributed by atoms with Gasteiger partial charge in [0.1, 0.15) is 0 Å². The fourth-order valence-electron chi connectivity index (χ4n) is 5.62. The van der Waals surface area contributed by atoms with Crippen LogP contribution >= 0.6 is 15.9 Å². The molecule has 2 aromatic heterocycles. The highest BCUT2D eigenvalue weighted by Gasteiger charge is 2.28. The Balaban J connectivity index is 0.000000165. The summed E-state index contributed by atoms with van der Waals surface area (Å²) < 4.78 is 11.3. The van der Waals surface area contributed by atoms with Crippen molar-refractivity contribution in [2.75, 3.05) is 0 Å². The van der Waals surface area contributed by atoms with Gasteiger partial charge in [-0.15, -0.1) is 0 Å². The zero-order chi connectivity index (χ0) is 29.3. The molecule has 0 saturated heterocycles. The highest BCUT2D eigenvalue weighted by Crippen LogP contribution is 2.33. The Bertz CT molecular complexity index is 1650. The second-order valence-corrected chi connectivity index (χ2v) is 12.0. The monoisotopic (exact) mass is 619 g/mol. The molecule has 41 heavy (non-hydrogen) atoms. The van der Waals surface area contributed by atoms with Gasteiger partial charge in [0.05, 0.1) is 18.8 Å². The molecule has 214 valence electrons. The molecule has 2 aliphatic rings. The first-order chi connectivity index (χ1) is 19.6. The van der Waals surface area contributed by atoms with Crippen molar-refractivity contribution in [2.24, 2.45) is 0 Å². The minimum absolute atomic E-state index is 0.0542. The number of alkyl carbamates (subject to hydrolysis) is 2. The van der Waals surface area contributed by atoms with Gasteiger partial charge in [0, 0.05) is 57.2 Å². The maximum absolute atomic E-state index is 11.7. The number of rotatable bonds is 4. The molecule has 4 N–H and O–H groups in total. The number of nitrogens with zero attached hydrogens (tertiary/aromatic N) is 1. The Kier molecular flexibility index (Phi) is 8.27. The number of hydrogen-bond acceptors (Lipinski definition) is 4. The second kappa shape index (κ2) is 11.9. The maximum atomic E-state index is 11.7. The van der Waals surface area contributed by atoms with Crippen LogP contribution in [0.15, 0.2) is 40.9 Å². The molecule has 0 unspecified atom stereocenters. The smallest absolute Gasteiger partial charge is 0.407 e. The number of aromatic amines is 2. The van der Waals surface area contributed by atoms with Gasteiger partial charge in [0.15, 0.2) is 5.69 Å². The van der Waals surface area contributed by atoms with E-state index >= 15 is 0 Å². The SMILES string of the molecule is CC(C)OC(=O)N[C@@H]1Cc2[nH]c3ccc(Br)cc3c2C1.[C-]#[N+]c1ccc2[nH]c3c(c2c1)C[C@H](NC(=O)OC(C)C)C3. The summed E-state index contributed by atoms with van der Waals surface area (Å²) in [5, 5.41) is 8.14. The number of amides is 2. The summed E-state index contributed by atoms with van der Waals surface area (Å²) in [4.78, 5) is 33.6. The van der Waals surface area contributed by atoms with Crippen molar-refractivity contribution in [1.29, 1.82) is 0 Å². The second-order valence-electron chi connectivity index (χ2n) is 11.1. The molecule has 2 aliphatic carbocycles. The number of fused-ring (bicyclic) bond motifs is 6. The van der Waals surface area contributed by atoms with E-state index in [1.54, 1.807) is 0 Å². The summed E-state index contributed by atoms with van der Waals surface area (Å²) in [6.45, 7) is 14.5. The fraction of sp³-hybridized carbons (Fsp3) is 0.387. The van der Waals surface area contributed by atoms with Crippen molar-refractivity contribution in [2.45, 2.75) is 77.7 Å². The molecule has 2 aromatic carbocycles. The van der Waals surface area contributed by atoms with E-state index in [1.165, 1.54) is 22.2 Å². The lowest BCUT2D eigenvalue weighted by atomic mass is 10.1. The Labute approximate surface area is 247 Å². The molecule has 2 atom stereocenters. The first-order valence-corrected chi connectivity index (χ1v) is 14.6. The van der Waals surface area contributed by atoms with Gasteiger partial charge in [-0.3, -0.25) is 0 Å². The molecular formula is C31H34BrN5O4. The molecule has 6 rings (SSSR count). The first-order valence-electron chi connectivity index (χ1n) is 13.8. The van der Waals surface area contributed by atoms with Crippen LogP contribution in [-0.4, -0.2) is 46.4 Å². The van der Waals surface area contributed by atoms with E-state index < -0.39 is 0 Å². The molecule has 0 bridgehead atoms. The van der Waals surface area contributed by atoms with Crippen LogP contribution in [0, 0.1) is 6.57 Å². The van der Waals surface area contributed by atoms with Crippen LogP contribution < -0.4 is 10.6 Å². The van der Waals surface area contributed by atoms with Gasteiger partial charge in [-0.2, -0.15) is 0 Å². The third-order valence-electron chi connectivity index (χ3n) is 7.20. The number of H-pyrrole nitrogens is 2. The van der Waals surface area contributed by atoms with Crippen LogP contribution in [0.25, 0.3) is 26.7 Å². The predicted molar refractivity (Wildman–Crippen MR) is 162 cm³/mol. The van der Waals surface area contributed by atoms with Gasteiger partial charge in [-0.1, -0.05) is 22.0 Å². The molecule has 4 aromatic rings. The average Bonchev–Trinajstić information content (AvgIpc) is 3.62. The number of benzene rings is 2. The van der Waals surface area contributed by atoms with Gasteiger partial charge in [-0.05, 0) is 87.4 Å². The lowest BCUT2D eigenvalue weighted by molar-refractivity contribution is 0.111. The predicted octanol–water partition coefficient (Wildman–Crippen LogP) is 6.85. The molecule has 2 heterocycles. The third kappa shape index (κ3) is 6.51. The van der Waals surface area contributed by atoms with Gasteiger partial charge in [-0.25, -0.2) is 14.4 Å². The van der Waals surface area contributed by atoms with E-state index in [2.05, 4.69) is 53.5 Å². The van der Waals surface area contributed by atoms with Crippen molar-refractivity contribution >= 4 is 55.6 Å². The summed E-state index contributed by atoms with van der Waals surface area (Å²) in [6.07, 6.45) is 2.30. The lowest BCUT2D eigenvalue weighted by Gasteiger charge is -2.14. The lowest BCUT2D eigenvalue weighted by Crippen LogP contribution is -2.37. The average molecular weight is 621 g/mol. The standard InChI is InChI=1S/C16H17N3O2.C15H17BrN2O2/c1-9(2)21-16(20)18-11-7-13-12-6-10(17-3)4-5-14(12)19-15(13)8-11;1-8(2)20-15(19)17-10-6-12-11-5-9(16)3-4-13(11)18-14(12)7-10/h4-6,9,11,19H,7-8H2,1-2H3,(H,18,20);3-5,8,10,18H,6-7H2,1-2H3,(H,17,19)/t11-;10-/m00/s1. The number of aromatic nitrogens is 2. The zero-order valence-electron chi connectivity index (χ0n) is 23.6. The third-order valence-corrected chi connectivity index (χ3v) is 7.69. The number of carbonyl (C=O) groups is 2. The minimum Gasteiger partial charge on any atom is -0.447 e. The summed E-state index contributed by atoms with van der Waals surface area (Å²) in [5.41, 5.74) is 7.70. The van der Waals surface area contributed by atoms with Crippen molar-refractivity contribution in [1.82, 2.24) is 20.6 Å². The van der Waals surface area contributed by atoms with E-state index in [1.807, 2.05) is 52.0 Å². The van der Waals surface area contributed by atoms with Crippen LogP contribution in [-0.2, 0) is 35.2 Å². The molecule has 9 nitrogen and oxygen atoms in total. The van der Waals surface area contributed by atoms with Crippen molar-refractivity contribution in [3.8, 4) is 0 Å². The highest BCUT2D eigenvalue weighted by atomic mass is 79.9. The van der Waals surface area contributed by atoms with E-state index in [4.69, 9.17) is 16.0 Å². The van der Waals surface area contributed by atoms with Crippen molar-refractivity contribution in [3.63, 3.8) is 0 Å². The molecule has 0 spiro atoms. The maximum Gasteiger partial charge on any atom is 0.407 e. The van der Waals surface area contributed by atoms with E-state index in [0.29, 0.717) is 5.69 Å². The fourth-order valence-corrected chi connectivity index (χ4v) is 5.98. The number of carbonyl (C=O) groups excluding carboxylic acids is 2. The van der Waals surface area contributed by atoms with Crippen LogP contribution in [0.4, 0.5) is 15.3 Å². The van der Waals surface area contributed by atoms with Crippen molar-refractivity contribution < 1.29 is 19.1 Å². The molecule has 0 radical (unpaired) electrons. The Morgan fingerprint density at radius 1 is 0.829 bits per heavy atom. The molecular weight excluding hydrogens is 586 g/mol. The van der Waals surface area contributed by atoms with Gasteiger partial charge >= 0.3 is 12.2 Å². The molecule has 0 saturated carbocycles. The summed E-state index contributed by atoms with van der Waals surface area (Å²) in [7, 11) is 0. The highest BCUT2D eigenvalue weighted by molar-refractivity contribution is 9.10. The Hall–Kier alpha value is -3.97.